The molecule has 120 valence electrons. The van der Waals surface area contributed by atoms with Gasteiger partial charge >= 0.3 is 0 Å². The van der Waals surface area contributed by atoms with Crippen molar-refractivity contribution in [3.05, 3.63) is 30.5 Å². The van der Waals surface area contributed by atoms with E-state index >= 15 is 0 Å². The van der Waals surface area contributed by atoms with Crippen molar-refractivity contribution in [2.24, 2.45) is 0 Å². The van der Waals surface area contributed by atoms with E-state index in [4.69, 9.17) is 4.74 Å². The summed E-state index contributed by atoms with van der Waals surface area (Å²) in [5.41, 5.74) is 2.04. The second-order valence-electron chi connectivity index (χ2n) is 5.69. The van der Waals surface area contributed by atoms with E-state index in [1.165, 1.54) is 12.8 Å². The predicted molar refractivity (Wildman–Crippen MR) is 93.8 cm³/mol. The van der Waals surface area contributed by atoms with Crippen molar-refractivity contribution in [1.82, 2.24) is 10.3 Å². The Bertz CT molecular complexity index is 586. The maximum Gasteiger partial charge on any atom is 0.121 e. The lowest BCUT2D eigenvalue weighted by Crippen LogP contribution is -2.20. The number of rotatable bonds is 9. The summed E-state index contributed by atoms with van der Waals surface area (Å²) >= 11 is 0. The van der Waals surface area contributed by atoms with Crippen LogP contribution in [0.3, 0.4) is 0 Å². The van der Waals surface area contributed by atoms with Gasteiger partial charge in [-0.1, -0.05) is 13.0 Å². The number of hydrogen-bond donors (Lipinski definition) is 2. The molecule has 0 spiro atoms. The molecule has 0 amide bonds. The van der Waals surface area contributed by atoms with E-state index in [1.54, 1.807) is 7.11 Å². The summed E-state index contributed by atoms with van der Waals surface area (Å²) in [7, 11) is 1.70. The number of hydrogen-bond acceptors (Lipinski definition) is 4. The Morgan fingerprint density at radius 1 is 1.27 bits per heavy atom. The summed E-state index contributed by atoms with van der Waals surface area (Å²) in [5, 5.41) is 8.12. The monoisotopic (exact) mass is 301 g/mol. The van der Waals surface area contributed by atoms with Gasteiger partial charge in [-0.15, -0.1) is 0 Å². The van der Waals surface area contributed by atoms with Gasteiger partial charge < -0.3 is 15.4 Å². The number of benzene rings is 1. The Kier molecular flexibility index (Phi) is 6.46. The first-order valence-corrected chi connectivity index (χ1v) is 8.14. The molecule has 0 aliphatic heterocycles. The van der Waals surface area contributed by atoms with Crippen molar-refractivity contribution >= 4 is 16.6 Å². The normalized spacial score (nSPS) is 12.3. The number of aromatic nitrogens is 1. The first kappa shape index (κ1) is 16.6. The Labute approximate surface area is 133 Å². The van der Waals surface area contributed by atoms with Crippen molar-refractivity contribution in [1.29, 1.82) is 0 Å². The van der Waals surface area contributed by atoms with Crippen molar-refractivity contribution < 1.29 is 4.74 Å². The molecule has 1 heterocycles. The lowest BCUT2D eigenvalue weighted by atomic mass is 10.1. The molecule has 0 aliphatic carbocycles. The molecule has 0 aliphatic rings. The lowest BCUT2D eigenvalue weighted by molar-refractivity contribution is 0.415. The number of fused-ring (bicyclic) bond motifs is 1. The summed E-state index contributed by atoms with van der Waals surface area (Å²) < 4.78 is 5.39. The summed E-state index contributed by atoms with van der Waals surface area (Å²) in [6.45, 7) is 6.59. The Balaban J connectivity index is 2.00. The van der Waals surface area contributed by atoms with Crippen molar-refractivity contribution in [3.8, 4) is 5.75 Å². The van der Waals surface area contributed by atoms with Crippen molar-refractivity contribution in [2.45, 2.75) is 39.2 Å². The minimum atomic E-state index is 0.403. The van der Waals surface area contributed by atoms with Crippen LogP contribution in [0.25, 0.3) is 10.9 Å². The fourth-order valence-electron chi connectivity index (χ4n) is 2.57. The van der Waals surface area contributed by atoms with Gasteiger partial charge in [-0.2, -0.15) is 0 Å². The quantitative estimate of drug-likeness (QED) is 0.691. The third kappa shape index (κ3) is 4.60. The second-order valence-corrected chi connectivity index (χ2v) is 5.69. The highest BCUT2D eigenvalue weighted by molar-refractivity contribution is 5.91. The van der Waals surface area contributed by atoms with Crippen LogP contribution in [0.1, 0.15) is 33.1 Å². The second kappa shape index (κ2) is 8.59. The molecule has 0 saturated heterocycles. The highest BCUT2D eigenvalue weighted by atomic mass is 16.5. The number of nitrogens with one attached hydrogen (secondary N) is 2. The molecule has 2 aromatic rings. The largest absolute Gasteiger partial charge is 0.497 e. The third-order valence-electron chi connectivity index (χ3n) is 3.73. The molecule has 4 nitrogen and oxygen atoms in total. The van der Waals surface area contributed by atoms with E-state index in [0.29, 0.717) is 6.04 Å². The first-order valence-electron chi connectivity index (χ1n) is 8.14. The molecule has 0 saturated carbocycles. The number of pyridine rings is 1. The van der Waals surface area contributed by atoms with Gasteiger partial charge in [-0.05, 0) is 51.4 Å². The van der Waals surface area contributed by atoms with Gasteiger partial charge in [0, 0.05) is 23.7 Å². The van der Waals surface area contributed by atoms with Crippen LogP contribution in [0.2, 0.25) is 0 Å². The average Bonchev–Trinajstić information content (AvgIpc) is 2.54. The molecule has 0 bridgehead atoms. The first-order chi connectivity index (χ1) is 10.7. The van der Waals surface area contributed by atoms with Gasteiger partial charge in [-0.3, -0.25) is 4.98 Å². The molecule has 4 heteroatoms. The smallest absolute Gasteiger partial charge is 0.121 e. The van der Waals surface area contributed by atoms with E-state index in [2.05, 4.69) is 35.5 Å². The Morgan fingerprint density at radius 2 is 2.14 bits per heavy atom. The van der Waals surface area contributed by atoms with E-state index in [-0.39, 0.29) is 0 Å². The Hall–Kier alpha value is -1.81. The molecule has 2 rings (SSSR count). The van der Waals surface area contributed by atoms with Gasteiger partial charge in [0.25, 0.3) is 0 Å². The maximum absolute atomic E-state index is 5.39. The van der Waals surface area contributed by atoms with Gasteiger partial charge in [0.2, 0.25) is 0 Å². The molecule has 1 aromatic carbocycles. The summed E-state index contributed by atoms with van der Waals surface area (Å²) in [4.78, 5) is 4.50. The summed E-state index contributed by atoms with van der Waals surface area (Å²) in [5.74, 6) is 0.861. The fourth-order valence-corrected chi connectivity index (χ4v) is 2.57. The standard InChI is InChI=1S/C18H27N3O/c1-4-9-19-10-5-7-14(2)21-17-13-16(22-3)12-15-8-6-11-20-18(15)17/h6,8,11-14,19,21H,4-5,7,9-10H2,1-3H3. The number of anilines is 1. The van der Waals surface area contributed by atoms with Crippen LogP contribution >= 0.6 is 0 Å². The van der Waals surface area contributed by atoms with Crippen LogP contribution in [0.4, 0.5) is 5.69 Å². The zero-order valence-electron chi connectivity index (χ0n) is 13.9. The SMILES string of the molecule is CCCNCCCC(C)Nc1cc(OC)cc2cccnc12. The van der Waals surface area contributed by atoms with Crippen LogP contribution in [0.5, 0.6) is 5.75 Å². The number of nitrogens with zero attached hydrogens (tertiary/aromatic N) is 1. The zero-order chi connectivity index (χ0) is 15.8. The molecule has 1 aromatic heterocycles. The van der Waals surface area contributed by atoms with Crippen LogP contribution in [-0.2, 0) is 0 Å². The third-order valence-corrected chi connectivity index (χ3v) is 3.73. The van der Waals surface area contributed by atoms with Crippen molar-refractivity contribution in [2.75, 3.05) is 25.5 Å². The van der Waals surface area contributed by atoms with E-state index in [9.17, 15) is 0 Å². The highest BCUT2D eigenvalue weighted by Gasteiger charge is 2.08. The molecule has 2 N–H and O–H groups in total. The fraction of sp³-hybridized carbons (Fsp3) is 0.500. The zero-order valence-corrected chi connectivity index (χ0v) is 13.9. The van der Waals surface area contributed by atoms with Gasteiger partial charge in [0.15, 0.2) is 0 Å². The topological polar surface area (TPSA) is 46.2 Å². The molecule has 1 atom stereocenters. The van der Waals surface area contributed by atoms with Crippen LogP contribution in [0, 0.1) is 0 Å². The van der Waals surface area contributed by atoms with E-state index in [1.807, 2.05) is 24.4 Å². The number of methoxy groups -OCH3 is 1. The lowest BCUT2D eigenvalue weighted by Gasteiger charge is -2.17. The number of ether oxygens (including phenoxy) is 1. The minimum absolute atomic E-state index is 0.403. The average molecular weight is 301 g/mol. The van der Waals surface area contributed by atoms with Gasteiger partial charge in [0.05, 0.1) is 18.3 Å². The van der Waals surface area contributed by atoms with Crippen LogP contribution in [-0.4, -0.2) is 31.2 Å². The highest BCUT2D eigenvalue weighted by Crippen LogP contribution is 2.28. The van der Waals surface area contributed by atoms with E-state index in [0.717, 1.165) is 41.9 Å². The summed E-state index contributed by atoms with van der Waals surface area (Å²) in [6.07, 6.45) is 5.32. The predicted octanol–water partition coefficient (Wildman–Crippen LogP) is 3.82. The molecule has 22 heavy (non-hydrogen) atoms. The van der Waals surface area contributed by atoms with Crippen molar-refractivity contribution in [3.63, 3.8) is 0 Å². The van der Waals surface area contributed by atoms with Crippen LogP contribution < -0.4 is 15.4 Å². The molecule has 1 unspecified atom stereocenters. The molecular weight excluding hydrogens is 274 g/mol. The maximum atomic E-state index is 5.39. The van der Waals surface area contributed by atoms with E-state index < -0.39 is 0 Å². The molecule has 0 radical (unpaired) electrons. The molecule has 0 fully saturated rings. The minimum Gasteiger partial charge on any atom is -0.497 e. The summed E-state index contributed by atoms with van der Waals surface area (Å²) in [6, 6.07) is 8.47. The molecular formula is C18H27N3O. The van der Waals surface area contributed by atoms with Gasteiger partial charge in [-0.25, -0.2) is 0 Å². The Morgan fingerprint density at radius 3 is 2.91 bits per heavy atom. The van der Waals surface area contributed by atoms with Gasteiger partial charge in [0.1, 0.15) is 5.75 Å². The van der Waals surface area contributed by atoms with Crippen LogP contribution in [0.15, 0.2) is 30.5 Å².